The highest BCUT2D eigenvalue weighted by Crippen LogP contribution is 2.38. The molecule has 3 N–H and O–H groups in total. The van der Waals surface area contributed by atoms with Crippen molar-refractivity contribution in [2.24, 2.45) is 0 Å². The van der Waals surface area contributed by atoms with Crippen LogP contribution in [0, 0.1) is 6.92 Å². The van der Waals surface area contributed by atoms with Crippen molar-refractivity contribution in [3.05, 3.63) is 82.9 Å². The number of carbonyl (C=O) groups excluding carboxylic acids is 2. The van der Waals surface area contributed by atoms with Gasteiger partial charge in [0.1, 0.15) is 0 Å². The van der Waals surface area contributed by atoms with Crippen molar-refractivity contribution in [1.29, 1.82) is 0 Å². The Morgan fingerprint density at radius 2 is 1.64 bits per heavy atom. The van der Waals surface area contributed by atoms with E-state index in [0.29, 0.717) is 28.1 Å². The van der Waals surface area contributed by atoms with E-state index in [2.05, 4.69) is 5.32 Å². The molecule has 0 aliphatic heterocycles. The number of fused-ring (bicyclic) bond motifs is 3. The summed E-state index contributed by atoms with van der Waals surface area (Å²) in [7, 11) is 0. The van der Waals surface area contributed by atoms with Crippen LogP contribution in [-0.2, 0) is 0 Å². The van der Waals surface area contributed by atoms with Gasteiger partial charge in [-0.1, -0.05) is 36.4 Å². The predicted octanol–water partition coefficient (Wildman–Crippen LogP) is 4.04. The van der Waals surface area contributed by atoms with Gasteiger partial charge in [-0.15, -0.1) is 0 Å². The SMILES string of the molecule is Cc1cc(NC(=O)c2cccc3c2C(=O)c2ccccc2-3)ccc1N. The van der Waals surface area contributed by atoms with Crippen molar-refractivity contribution < 1.29 is 9.59 Å². The summed E-state index contributed by atoms with van der Waals surface area (Å²) in [5.41, 5.74) is 11.2. The Bertz CT molecular complexity index is 1040. The minimum atomic E-state index is -0.304. The molecule has 0 bridgehead atoms. The van der Waals surface area contributed by atoms with Crippen LogP contribution in [0.5, 0.6) is 0 Å². The van der Waals surface area contributed by atoms with Gasteiger partial charge in [0.2, 0.25) is 0 Å². The molecule has 3 aromatic carbocycles. The second-order valence-corrected chi connectivity index (χ2v) is 6.13. The number of carbonyl (C=O) groups is 2. The Labute approximate surface area is 145 Å². The fourth-order valence-electron chi connectivity index (χ4n) is 3.21. The lowest BCUT2D eigenvalue weighted by molar-refractivity contribution is 0.0999. The van der Waals surface area contributed by atoms with Crippen LogP contribution >= 0.6 is 0 Å². The molecular weight excluding hydrogens is 312 g/mol. The van der Waals surface area contributed by atoms with Crippen LogP contribution in [0.2, 0.25) is 0 Å². The highest BCUT2D eigenvalue weighted by atomic mass is 16.2. The zero-order valence-corrected chi connectivity index (χ0v) is 13.7. The maximum atomic E-state index is 12.8. The molecule has 0 heterocycles. The van der Waals surface area contributed by atoms with Gasteiger partial charge >= 0.3 is 0 Å². The van der Waals surface area contributed by atoms with E-state index in [4.69, 9.17) is 5.73 Å². The van der Waals surface area contributed by atoms with E-state index < -0.39 is 0 Å². The minimum absolute atomic E-state index is 0.107. The van der Waals surface area contributed by atoms with E-state index in [0.717, 1.165) is 16.7 Å². The molecule has 1 aliphatic carbocycles. The third kappa shape index (κ3) is 2.39. The summed E-state index contributed by atoms with van der Waals surface area (Å²) in [4.78, 5) is 25.5. The molecule has 1 aliphatic rings. The molecule has 3 aromatic rings. The fourth-order valence-corrected chi connectivity index (χ4v) is 3.21. The zero-order chi connectivity index (χ0) is 17.6. The Kier molecular flexibility index (Phi) is 3.39. The molecule has 0 unspecified atom stereocenters. The quantitative estimate of drug-likeness (QED) is 0.545. The number of nitrogens with one attached hydrogen (secondary N) is 1. The Balaban J connectivity index is 1.74. The Hall–Kier alpha value is -3.40. The van der Waals surface area contributed by atoms with Crippen molar-refractivity contribution in [3.8, 4) is 11.1 Å². The highest BCUT2D eigenvalue weighted by Gasteiger charge is 2.30. The van der Waals surface area contributed by atoms with E-state index in [1.54, 1.807) is 30.3 Å². The van der Waals surface area contributed by atoms with Gasteiger partial charge in [0.15, 0.2) is 5.78 Å². The number of aryl methyl sites for hydroxylation is 1. The molecular formula is C21H16N2O2. The maximum Gasteiger partial charge on any atom is 0.256 e. The van der Waals surface area contributed by atoms with Crippen LogP contribution in [0.25, 0.3) is 11.1 Å². The summed E-state index contributed by atoms with van der Waals surface area (Å²) >= 11 is 0. The summed E-state index contributed by atoms with van der Waals surface area (Å²) in [6.45, 7) is 1.88. The first-order valence-corrected chi connectivity index (χ1v) is 8.01. The molecule has 0 saturated heterocycles. The third-order valence-electron chi connectivity index (χ3n) is 4.53. The van der Waals surface area contributed by atoms with Crippen molar-refractivity contribution >= 4 is 23.1 Å². The van der Waals surface area contributed by atoms with Crippen LogP contribution in [0.4, 0.5) is 11.4 Å². The standard InChI is InChI=1S/C21H16N2O2/c1-12-11-13(9-10-18(12)22)23-21(25)17-8-4-7-15-14-5-2-3-6-16(14)20(24)19(15)17/h2-11H,22H2,1H3,(H,23,25). The summed E-state index contributed by atoms with van der Waals surface area (Å²) in [6, 6.07) is 18.1. The van der Waals surface area contributed by atoms with E-state index in [-0.39, 0.29) is 11.7 Å². The van der Waals surface area contributed by atoms with Crippen molar-refractivity contribution in [2.75, 3.05) is 11.1 Å². The molecule has 0 spiro atoms. The third-order valence-corrected chi connectivity index (χ3v) is 4.53. The predicted molar refractivity (Wildman–Crippen MR) is 98.9 cm³/mol. The average Bonchev–Trinajstić information content (AvgIpc) is 2.91. The zero-order valence-electron chi connectivity index (χ0n) is 13.7. The maximum absolute atomic E-state index is 12.8. The number of rotatable bonds is 2. The smallest absolute Gasteiger partial charge is 0.256 e. The number of benzene rings is 3. The van der Waals surface area contributed by atoms with Crippen LogP contribution in [0.15, 0.2) is 60.7 Å². The molecule has 0 atom stereocenters. The topological polar surface area (TPSA) is 72.2 Å². The van der Waals surface area contributed by atoms with E-state index in [1.165, 1.54) is 0 Å². The summed E-state index contributed by atoms with van der Waals surface area (Å²) < 4.78 is 0. The van der Waals surface area contributed by atoms with E-state index in [9.17, 15) is 9.59 Å². The molecule has 122 valence electrons. The fraction of sp³-hybridized carbons (Fsp3) is 0.0476. The number of amides is 1. The first-order chi connectivity index (χ1) is 12.1. The molecule has 25 heavy (non-hydrogen) atoms. The van der Waals surface area contributed by atoms with E-state index in [1.807, 2.05) is 37.3 Å². The summed E-state index contributed by atoms with van der Waals surface area (Å²) in [5, 5.41) is 2.86. The molecule has 0 saturated carbocycles. The Morgan fingerprint density at radius 3 is 2.40 bits per heavy atom. The van der Waals surface area contributed by atoms with Crippen LogP contribution in [0.3, 0.4) is 0 Å². The first kappa shape index (κ1) is 15.1. The minimum Gasteiger partial charge on any atom is -0.399 e. The van der Waals surface area contributed by atoms with Crippen LogP contribution < -0.4 is 11.1 Å². The Morgan fingerprint density at radius 1 is 0.920 bits per heavy atom. The summed E-state index contributed by atoms with van der Waals surface area (Å²) in [5.74, 6) is -0.410. The van der Waals surface area contributed by atoms with Crippen LogP contribution in [0.1, 0.15) is 31.8 Å². The van der Waals surface area contributed by atoms with Crippen molar-refractivity contribution in [3.63, 3.8) is 0 Å². The molecule has 1 amide bonds. The van der Waals surface area contributed by atoms with Gasteiger partial charge in [-0.3, -0.25) is 9.59 Å². The number of nitrogen functional groups attached to an aromatic ring is 1. The van der Waals surface area contributed by atoms with Gasteiger partial charge in [0.05, 0.1) is 5.56 Å². The van der Waals surface area contributed by atoms with Gasteiger partial charge in [-0.25, -0.2) is 0 Å². The van der Waals surface area contributed by atoms with Crippen molar-refractivity contribution in [1.82, 2.24) is 0 Å². The normalized spacial score (nSPS) is 11.8. The number of hydrogen-bond acceptors (Lipinski definition) is 3. The first-order valence-electron chi connectivity index (χ1n) is 8.01. The van der Waals surface area contributed by atoms with Gasteiger partial charge in [-0.2, -0.15) is 0 Å². The van der Waals surface area contributed by atoms with E-state index >= 15 is 0 Å². The van der Waals surface area contributed by atoms with Gasteiger partial charge < -0.3 is 11.1 Å². The molecule has 4 rings (SSSR count). The van der Waals surface area contributed by atoms with Gasteiger partial charge in [-0.05, 0) is 47.9 Å². The molecule has 4 nitrogen and oxygen atoms in total. The largest absolute Gasteiger partial charge is 0.399 e. The second-order valence-electron chi connectivity index (χ2n) is 6.13. The van der Waals surface area contributed by atoms with Gasteiger partial charge in [0.25, 0.3) is 5.91 Å². The number of anilines is 2. The average molecular weight is 328 g/mol. The van der Waals surface area contributed by atoms with Gasteiger partial charge in [0, 0.05) is 22.5 Å². The lowest BCUT2D eigenvalue weighted by Crippen LogP contribution is -2.16. The molecule has 0 radical (unpaired) electrons. The van der Waals surface area contributed by atoms with Crippen molar-refractivity contribution in [2.45, 2.75) is 6.92 Å². The second kappa shape index (κ2) is 5.60. The number of hydrogen-bond donors (Lipinski definition) is 2. The lowest BCUT2D eigenvalue weighted by atomic mass is 10.00. The number of ketones is 1. The molecule has 4 heteroatoms. The monoisotopic (exact) mass is 328 g/mol. The van der Waals surface area contributed by atoms with Crippen LogP contribution in [-0.4, -0.2) is 11.7 Å². The summed E-state index contributed by atoms with van der Waals surface area (Å²) in [6.07, 6.45) is 0. The molecule has 0 aromatic heterocycles. The number of nitrogens with two attached hydrogens (primary N) is 1. The molecule has 0 fully saturated rings. The lowest BCUT2D eigenvalue weighted by Gasteiger charge is -2.10. The highest BCUT2D eigenvalue weighted by molar-refractivity contribution is 6.26.